The van der Waals surface area contributed by atoms with Crippen LogP contribution in [0.15, 0.2) is 84.6 Å². The van der Waals surface area contributed by atoms with Gasteiger partial charge >= 0.3 is 0 Å². The molecule has 136 valence electrons. The third kappa shape index (κ3) is 4.55. The standard InChI is InChI=1S/C21H24N2O2S/c1-2-26(24,25)23-15-9-12-20(18-23)17-22(21-13-7-4-8-14-21)16-19-10-5-3-6-11-19/h3-14,18H,2,15-17H2,1H3. The molecule has 1 heterocycles. The van der Waals surface area contributed by atoms with Gasteiger partial charge in [-0.1, -0.05) is 60.7 Å². The van der Waals surface area contributed by atoms with Gasteiger partial charge in [-0.25, -0.2) is 8.42 Å². The highest BCUT2D eigenvalue weighted by molar-refractivity contribution is 7.89. The molecule has 26 heavy (non-hydrogen) atoms. The summed E-state index contributed by atoms with van der Waals surface area (Å²) < 4.78 is 25.8. The summed E-state index contributed by atoms with van der Waals surface area (Å²) in [6.45, 7) is 3.48. The fourth-order valence-corrected chi connectivity index (χ4v) is 3.88. The van der Waals surface area contributed by atoms with E-state index in [2.05, 4.69) is 29.2 Å². The molecule has 2 aromatic rings. The van der Waals surface area contributed by atoms with Crippen molar-refractivity contribution in [3.8, 4) is 0 Å². The van der Waals surface area contributed by atoms with Gasteiger partial charge in [0.25, 0.3) is 0 Å². The molecular formula is C21H24N2O2S. The minimum atomic E-state index is -3.23. The topological polar surface area (TPSA) is 40.6 Å². The summed E-state index contributed by atoms with van der Waals surface area (Å²) in [7, 11) is -3.23. The van der Waals surface area contributed by atoms with Crippen LogP contribution < -0.4 is 4.90 Å². The first-order chi connectivity index (χ1) is 12.6. The summed E-state index contributed by atoms with van der Waals surface area (Å²) in [6.07, 6.45) is 5.69. The summed E-state index contributed by atoms with van der Waals surface area (Å²) in [5, 5.41) is 0. The van der Waals surface area contributed by atoms with E-state index in [-0.39, 0.29) is 5.75 Å². The molecule has 2 aromatic carbocycles. The molecule has 0 aliphatic carbocycles. The molecule has 0 spiro atoms. The SMILES string of the molecule is CCS(=O)(=O)N1C=C(CN(Cc2ccccc2)c2ccccc2)C=CC1. The molecule has 5 heteroatoms. The van der Waals surface area contributed by atoms with Crippen LogP contribution in [0.1, 0.15) is 12.5 Å². The van der Waals surface area contributed by atoms with Crippen molar-refractivity contribution in [2.75, 3.05) is 23.7 Å². The van der Waals surface area contributed by atoms with Gasteiger partial charge in [0.05, 0.1) is 12.3 Å². The summed E-state index contributed by atoms with van der Waals surface area (Å²) in [6, 6.07) is 20.5. The van der Waals surface area contributed by atoms with Crippen molar-refractivity contribution >= 4 is 15.7 Å². The van der Waals surface area contributed by atoms with Gasteiger partial charge in [-0.05, 0) is 30.2 Å². The van der Waals surface area contributed by atoms with Crippen molar-refractivity contribution in [1.29, 1.82) is 0 Å². The molecule has 0 amide bonds. The van der Waals surface area contributed by atoms with Crippen LogP contribution in [0.3, 0.4) is 0 Å². The van der Waals surface area contributed by atoms with E-state index in [4.69, 9.17) is 0 Å². The molecule has 0 N–H and O–H groups in total. The van der Waals surface area contributed by atoms with Crippen molar-refractivity contribution in [2.45, 2.75) is 13.5 Å². The maximum atomic E-state index is 12.2. The third-order valence-corrected chi connectivity index (χ3v) is 6.06. The minimum Gasteiger partial charge on any atom is -0.363 e. The van der Waals surface area contributed by atoms with Crippen LogP contribution in [0.4, 0.5) is 5.69 Å². The first-order valence-electron chi connectivity index (χ1n) is 8.79. The van der Waals surface area contributed by atoms with Gasteiger partial charge in [0.2, 0.25) is 10.0 Å². The van der Waals surface area contributed by atoms with E-state index in [0.717, 1.165) is 17.8 Å². The van der Waals surface area contributed by atoms with Crippen LogP contribution in [0.5, 0.6) is 0 Å². The first-order valence-corrected chi connectivity index (χ1v) is 10.4. The number of benzene rings is 2. The number of hydrogen-bond acceptors (Lipinski definition) is 3. The van der Waals surface area contributed by atoms with E-state index < -0.39 is 10.0 Å². The number of sulfonamides is 1. The lowest BCUT2D eigenvalue weighted by atomic mass is 10.1. The summed E-state index contributed by atoms with van der Waals surface area (Å²) in [4.78, 5) is 2.26. The quantitative estimate of drug-likeness (QED) is 0.746. The molecule has 1 aliphatic heterocycles. The molecule has 0 saturated heterocycles. The highest BCUT2D eigenvalue weighted by atomic mass is 32.2. The Morgan fingerprint density at radius 3 is 2.27 bits per heavy atom. The zero-order valence-corrected chi connectivity index (χ0v) is 15.8. The second kappa shape index (κ2) is 8.23. The number of rotatable bonds is 7. The normalized spacial score (nSPS) is 14.2. The van der Waals surface area contributed by atoms with Gasteiger partial charge in [-0.2, -0.15) is 0 Å². The smallest absolute Gasteiger partial charge is 0.234 e. The average molecular weight is 369 g/mol. The van der Waals surface area contributed by atoms with Gasteiger partial charge < -0.3 is 4.90 Å². The Hall–Kier alpha value is -2.53. The molecule has 1 aliphatic rings. The molecule has 0 aromatic heterocycles. The van der Waals surface area contributed by atoms with Crippen molar-refractivity contribution in [3.05, 3.63) is 90.2 Å². The average Bonchev–Trinajstić information content (AvgIpc) is 2.69. The van der Waals surface area contributed by atoms with Crippen molar-refractivity contribution in [1.82, 2.24) is 4.31 Å². The van der Waals surface area contributed by atoms with E-state index in [1.807, 2.05) is 48.6 Å². The van der Waals surface area contributed by atoms with Crippen molar-refractivity contribution in [3.63, 3.8) is 0 Å². The Morgan fingerprint density at radius 1 is 0.962 bits per heavy atom. The van der Waals surface area contributed by atoms with Crippen LogP contribution >= 0.6 is 0 Å². The van der Waals surface area contributed by atoms with Gasteiger partial charge in [-0.15, -0.1) is 0 Å². The lowest BCUT2D eigenvalue weighted by Crippen LogP contribution is -2.32. The maximum Gasteiger partial charge on any atom is 0.234 e. The zero-order valence-electron chi connectivity index (χ0n) is 15.0. The van der Waals surface area contributed by atoms with Gasteiger partial charge in [0, 0.05) is 25.0 Å². The molecular weight excluding hydrogens is 344 g/mol. The van der Waals surface area contributed by atoms with Crippen LogP contribution in [0.2, 0.25) is 0 Å². The molecule has 3 rings (SSSR count). The molecule has 0 radical (unpaired) electrons. The van der Waals surface area contributed by atoms with E-state index in [1.165, 1.54) is 9.87 Å². The second-order valence-electron chi connectivity index (χ2n) is 6.25. The van der Waals surface area contributed by atoms with Crippen molar-refractivity contribution < 1.29 is 8.42 Å². The number of anilines is 1. The molecule has 0 unspecified atom stereocenters. The largest absolute Gasteiger partial charge is 0.363 e. The van der Waals surface area contributed by atoms with Crippen LogP contribution in [-0.4, -0.2) is 31.6 Å². The van der Waals surface area contributed by atoms with Gasteiger partial charge in [-0.3, -0.25) is 4.31 Å². The second-order valence-corrected chi connectivity index (χ2v) is 8.46. The molecule has 0 bridgehead atoms. The molecule has 0 atom stereocenters. The Morgan fingerprint density at radius 2 is 1.62 bits per heavy atom. The Labute approximate surface area is 156 Å². The Kier molecular flexibility index (Phi) is 5.78. The van der Waals surface area contributed by atoms with Crippen LogP contribution in [0.25, 0.3) is 0 Å². The van der Waals surface area contributed by atoms with E-state index >= 15 is 0 Å². The van der Waals surface area contributed by atoms with E-state index in [9.17, 15) is 8.42 Å². The highest BCUT2D eigenvalue weighted by Gasteiger charge is 2.19. The zero-order chi connectivity index (χ0) is 18.4. The molecule has 0 fully saturated rings. The maximum absolute atomic E-state index is 12.2. The number of hydrogen-bond donors (Lipinski definition) is 0. The predicted molar refractivity (Wildman–Crippen MR) is 107 cm³/mol. The third-order valence-electron chi connectivity index (χ3n) is 4.36. The Bertz CT molecular complexity index is 875. The number of nitrogens with zero attached hydrogens (tertiary/aromatic N) is 2. The lowest BCUT2D eigenvalue weighted by Gasteiger charge is -2.28. The van der Waals surface area contributed by atoms with Crippen LogP contribution in [-0.2, 0) is 16.6 Å². The summed E-state index contributed by atoms with van der Waals surface area (Å²) in [5.41, 5.74) is 3.31. The minimum absolute atomic E-state index is 0.108. The molecule has 0 saturated carbocycles. The monoisotopic (exact) mass is 368 g/mol. The van der Waals surface area contributed by atoms with Crippen molar-refractivity contribution in [2.24, 2.45) is 0 Å². The summed E-state index contributed by atoms with van der Waals surface area (Å²) >= 11 is 0. The summed E-state index contributed by atoms with van der Waals surface area (Å²) in [5.74, 6) is 0.108. The molecule has 4 nitrogen and oxygen atoms in total. The van der Waals surface area contributed by atoms with E-state index in [0.29, 0.717) is 13.1 Å². The fourth-order valence-electron chi connectivity index (χ4n) is 2.94. The highest BCUT2D eigenvalue weighted by Crippen LogP contribution is 2.21. The predicted octanol–water partition coefficient (Wildman–Crippen LogP) is 3.80. The lowest BCUT2D eigenvalue weighted by molar-refractivity contribution is 0.519. The van der Waals surface area contributed by atoms with E-state index in [1.54, 1.807) is 13.1 Å². The number of para-hydroxylation sites is 1. The Balaban J connectivity index is 1.85. The van der Waals surface area contributed by atoms with Crippen LogP contribution in [0, 0.1) is 0 Å². The van der Waals surface area contributed by atoms with Gasteiger partial charge in [0.1, 0.15) is 0 Å². The fraction of sp³-hybridized carbons (Fsp3) is 0.238. The van der Waals surface area contributed by atoms with Gasteiger partial charge in [0.15, 0.2) is 0 Å². The first kappa shape index (κ1) is 18.3.